The van der Waals surface area contributed by atoms with Gasteiger partial charge in [0.25, 0.3) is 5.91 Å². The van der Waals surface area contributed by atoms with E-state index in [0.29, 0.717) is 5.92 Å². The van der Waals surface area contributed by atoms with Crippen LogP contribution >= 0.6 is 11.3 Å². The zero-order chi connectivity index (χ0) is 18.4. The molecule has 0 spiro atoms. The van der Waals surface area contributed by atoms with Gasteiger partial charge in [-0.2, -0.15) is 0 Å². The molecule has 0 radical (unpaired) electrons. The molecule has 0 saturated carbocycles. The number of pyridine rings is 1. The van der Waals surface area contributed by atoms with Crippen molar-refractivity contribution < 1.29 is 4.79 Å². The third kappa shape index (κ3) is 3.00. The molecule has 1 fully saturated rings. The normalized spacial score (nSPS) is 17.1. The van der Waals surface area contributed by atoms with Gasteiger partial charge in [-0.15, -0.1) is 11.3 Å². The Morgan fingerprint density at radius 3 is 2.78 bits per heavy atom. The lowest BCUT2D eigenvalue weighted by molar-refractivity contribution is 0.0795. The van der Waals surface area contributed by atoms with Crippen LogP contribution in [-0.4, -0.2) is 28.9 Å². The number of benzene rings is 2. The van der Waals surface area contributed by atoms with Gasteiger partial charge in [-0.3, -0.25) is 4.79 Å². The highest BCUT2D eigenvalue weighted by Crippen LogP contribution is 2.32. The van der Waals surface area contributed by atoms with E-state index in [2.05, 4.69) is 55.5 Å². The lowest BCUT2D eigenvalue weighted by atomic mass is 9.99. The van der Waals surface area contributed by atoms with Gasteiger partial charge in [-0.1, -0.05) is 42.0 Å². The van der Waals surface area contributed by atoms with Crippen molar-refractivity contribution in [2.24, 2.45) is 0 Å². The van der Waals surface area contributed by atoms with Crippen LogP contribution < -0.4 is 0 Å². The molecule has 0 bridgehead atoms. The summed E-state index contributed by atoms with van der Waals surface area (Å²) in [4.78, 5) is 21.5. The maximum atomic E-state index is 13.0. The summed E-state index contributed by atoms with van der Waals surface area (Å²) in [5, 5.41) is 2.19. The molecule has 3 heterocycles. The van der Waals surface area contributed by atoms with Gasteiger partial charge in [0, 0.05) is 29.8 Å². The highest BCUT2D eigenvalue weighted by atomic mass is 32.1. The minimum atomic E-state index is 0.136. The smallest absolute Gasteiger partial charge is 0.264 e. The van der Waals surface area contributed by atoms with Gasteiger partial charge >= 0.3 is 0 Å². The summed E-state index contributed by atoms with van der Waals surface area (Å²) in [6, 6.07) is 20.9. The number of fused-ring (bicyclic) bond motifs is 2. The van der Waals surface area contributed by atoms with E-state index in [-0.39, 0.29) is 5.91 Å². The van der Waals surface area contributed by atoms with E-state index in [1.54, 1.807) is 0 Å². The van der Waals surface area contributed by atoms with Crippen molar-refractivity contribution in [2.75, 3.05) is 13.1 Å². The zero-order valence-electron chi connectivity index (χ0n) is 15.2. The van der Waals surface area contributed by atoms with Crippen LogP contribution in [0.4, 0.5) is 0 Å². The van der Waals surface area contributed by atoms with Gasteiger partial charge in [0.05, 0.1) is 10.4 Å². The van der Waals surface area contributed by atoms with Crippen molar-refractivity contribution in [3.8, 4) is 0 Å². The Morgan fingerprint density at radius 1 is 1.07 bits per heavy atom. The Hall–Kier alpha value is -2.72. The molecule has 27 heavy (non-hydrogen) atoms. The van der Waals surface area contributed by atoms with Crippen molar-refractivity contribution in [3.63, 3.8) is 0 Å². The van der Waals surface area contributed by atoms with Crippen LogP contribution in [0.2, 0.25) is 0 Å². The van der Waals surface area contributed by atoms with Crippen LogP contribution in [0, 0.1) is 6.92 Å². The fourth-order valence-electron chi connectivity index (χ4n) is 3.96. The summed E-state index contributed by atoms with van der Waals surface area (Å²) in [5.41, 5.74) is 3.53. The van der Waals surface area contributed by atoms with Gasteiger partial charge < -0.3 is 4.90 Å². The van der Waals surface area contributed by atoms with E-state index >= 15 is 0 Å². The first kappa shape index (κ1) is 16.5. The first-order chi connectivity index (χ1) is 13.2. The summed E-state index contributed by atoms with van der Waals surface area (Å²) in [6.45, 7) is 3.70. The third-order valence-electron chi connectivity index (χ3n) is 5.41. The Bertz CT molecular complexity index is 1150. The minimum Gasteiger partial charge on any atom is -0.337 e. The van der Waals surface area contributed by atoms with Gasteiger partial charge in [-0.05, 0) is 43.2 Å². The fraction of sp³-hybridized carbons (Fsp3) is 0.217. The van der Waals surface area contributed by atoms with Crippen molar-refractivity contribution in [2.45, 2.75) is 19.3 Å². The lowest BCUT2D eigenvalue weighted by Crippen LogP contribution is -2.27. The number of nitrogens with zero attached hydrogens (tertiary/aromatic N) is 2. The molecule has 2 aromatic carbocycles. The number of likely N-dealkylation sites (tertiary alicyclic amines) is 1. The number of rotatable bonds is 2. The van der Waals surface area contributed by atoms with E-state index in [0.717, 1.165) is 45.5 Å². The van der Waals surface area contributed by atoms with E-state index in [1.165, 1.54) is 22.5 Å². The van der Waals surface area contributed by atoms with E-state index in [4.69, 9.17) is 4.98 Å². The lowest BCUT2D eigenvalue weighted by Gasteiger charge is -2.15. The number of hydrogen-bond donors (Lipinski definition) is 0. The molecular weight excluding hydrogens is 352 g/mol. The van der Waals surface area contributed by atoms with Crippen LogP contribution in [0.5, 0.6) is 0 Å². The standard InChI is InChI=1S/C23H20N2OS/c1-15-7-8-20-18(11-15)12-19-13-21(27-22(19)24-20)23(26)25-10-9-17(14-25)16-5-3-2-4-6-16/h2-8,11-13,17H,9-10,14H2,1H3/t17-/m1/s1. The molecule has 0 N–H and O–H groups in total. The second-order valence-corrected chi connectivity index (χ2v) is 8.37. The van der Waals surface area contributed by atoms with Crippen LogP contribution in [-0.2, 0) is 0 Å². The molecule has 2 aromatic heterocycles. The molecule has 1 atom stereocenters. The molecule has 1 aliphatic rings. The molecule has 0 unspecified atom stereocenters. The number of carbonyl (C=O) groups is 1. The van der Waals surface area contributed by atoms with E-state index < -0.39 is 0 Å². The molecule has 134 valence electrons. The first-order valence-corrected chi connectivity index (χ1v) is 10.1. The molecule has 5 rings (SSSR count). The van der Waals surface area contributed by atoms with Crippen molar-refractivity contribution in [1.82, 2.24) is 9.88 Å². The number of thiophene rings is 1. The summed E-state index contributed by atoms with van der Waals surface area (Å²) in [6.07, 6.45) is 1.03. The predicted molar refractivity (Wildman–Crippen MR) is 112 cm³/mol. The van der Waals surface area contributed by atoms with Crippen LogP contribution in [0.25, 0.3) is 21.1 Å². The number of carbonyl (C=O) groups excluding carboxylic acids is 1. The predicted octanol–water partition coefficient (Wildman–Crippen LogP) is 5.39. The van der Waals surface area contributed by atoms with Crippen LogP contribution in [0.3, 0.4) is 0 Å². The quantitative estimate of drug-likeness (QED) is 0.473. The highest BCUT2D eigenvalue weighted by molar-refractivity contribution is 7.20. The molecule has 4 aromatic rings. The minimum absolute atomic E-state index is 0.136. The van der Waals surface area contributed by atoms with Gasteiger partial charge in [-0.25, -0.2) is 4.98 Å². The Labute approximate surface area is 162 Å². The Balaban J connectivity index is 1.43. The van der Waals surface area contributed by atoms with Gasteiger partial charge in [0.1, 0.15) is 4.83 Å². The summed E-state index contributed by atoms with van der Waals surface area (Å²) in [5.74, 6) is 0.574. The summed E-state index contributed by atoms with van der Waals surface area (Å²) in [7, 11) is 0. The van der Waals surface area contributed by atoms with E-state index in [9.17, 15) is 4.79 Å². The van der Waals surface area contributed by atoms with Gasteiger partial charge in [0.15, 0.2) is 0 Å². The Morgan fingerprint density at radius 2 is 1.93 bits per heavy atom. The monoisotopic (exact) mass is 372 g/mol. The largest absolute Gasteiger partial charge is 0.337 e. The first-order valence-electron chi connectivity index (χ1n) is 9.32. The number of hydrogen-bond acceptors (Lipinski definition) is 3. The molecular formula is C23H20N2OS. The SMILES string of the molecule is Cc1ccc2nc3sc(C(=O)N4CC[C@@H](c5ccccc5)C4)cc3cc2c1. The average molecular weight is 372 g/mol. The maximum Gasteiger partial charge on any atom is 0.264 e. The molecule has 1 aliphatic heterocycles. The van der Waals surface area contributed by atoms with Crippen LogP contribution in [0.1, 0.15) is 33.1 Å². The molecule has 0 aliphatic carbocycles. The molecule has 1 amide bonds. The second-order valence-electron chi connectivity index (χ2n) is 7.34. The van der Waals surface area contributed by atoms with Crippen molar-refractivity contribution >= 4 is 38.4 Å². The average Bonchev–Trinajstić information content (AvgIpc) is 3.33. The third-order valence-corrected chi connectivity index (χ3v) is 6.45. The summed E-state index contributed by atoms with van der Waals surface area (Å²) >= 11 is 1.51. The topological polar surface area (TPSA) is 33.2 Å². The highest BCUT2D eigenvalue weighted by Gasteiger charge is 2.28. The number of aryl methyl sites for hydroxylation is 1. The Kier molecular flexibility index (Phi) is 3.94. The van der Waals surface area contributed by atoms with Crippen molar-refractivity contribution in [1.29, 1.82) is 0 Å². The van der Waals surface area contributed by atoms with Gasteiger partial charge in [0.2, 0.25) is 0 Å². The van der Waals surface area contributed by atoms with E-state index in [1.807, 2.05) is 17.0 Å². The zero-order valence-corrected chi connectivity index (χ0v) is 16.0. The number of amides is 1. The molecule has 1 saturated heterocycles. The van der Waals surface area contributed by atoms with Crippen molar-refractivity contribution in [3.05, 3.63) is 76.7 Å². The molecule has 4 heteroatoms. The molecule has 3 nitrogen and oxygen atoms in total. The summed E-state index contributed by atoms with van der Waals surface area (Å²) < 4.78 is 0. The maximum absolute atomic E-state index is 13.0. The number of aromatic nitrogens is 1. The fourth-order valence-corrected chi connectivity index (χ4v) is 4.95. The second kappa shape index (κ2) is 6.46. The van der Waals surface area contributed by atoms with Crippen LogP contribution in [0.15, 0.2) is 60.7 Å².